The van der Waals surface area contributed by atoms with Gasteiger partial charge in [0.2, 0.25) is 0 Å². The lowest BCUT2D eigenvalue weighted by molar-refractivity contribution is 0.313. The molecule has 176 valence electrons. The zero-order valence-electron chi connectivity index (χ0n) is 18.7. The van der Waals surface area contributed by atoms with E-state index in [9.17, 15) is 9.59 Å². The minimum atomic E-state index is -0.289. The molecule has 4 aromatic rings. The maximum atomic E-state index is 13.2. The van der Waals surface area contributed by atoms with E-state index in [-0.39, 0.29) is 11.2 Å². The molecule has 1 saturated heterocycles. The Kier molecular flexibility index (Phi) is 5.85. The number of likely N-dealkylation sites (N-methyl/N-ethyl adjacent to an activating group) is 1. The van der Waals surface area contributed by atoms with Gasteiger partial charge in [-0.25, -0.2) is 9.48 Å². The summed E-state index contributed by atoms with van der Waals surface area (Å²) in [7, 11) is 2.09. The van der Waals surface area contributed by atoms with E-state index < -0.39 is 0 Å². The predicted octanol–water partition coefficient (Wildman–Crippen LogP) is 3.45. The smallest absolute Gasteiger partial charge is 0.323 e. The number of fused-ring (bicyclic) bond motifs is 1. The summed E-state index contributed by atoms with van der Waals surface area (Å²) < 4.78 is 1.36. The summed E-state index contributed by atoms with van der Waals surface area (Å²) in [5, 5.41) is 3.92. The molecule has 0 radical (unpaired) electrons. The molecule has 0 bridgehead atoms. The third-order valence-corrected chi connectivity index (χ3v) is 6.61. The largest absolute Gasteiger partial charge is 0.367 e. The molecule has 0 spiro atoms. The molecule has 5 rings (SSSR count). The van der Waals surface area contributed by atoms with Crippen LogP contribution in [0, 0.1) is 6.92 Å². The highest BCUT2D eigenvalue weighted by Crippen LogP contribution is 2.33. The topological polar surface area (TPSA) is 105 Å². The number of nitrogens with one attached hydrogen (secondary N) is 3. The zero-order chi connectivity index (χ0) is 24.0. The average Bonchev–Trinajstić information content (AvgIpc) is 3.31. The van der Waals surface area contributed by atoms with Gasteiger partial charge in [0.05, 0.1) is 38.7 Å². The lowest BCUT2D eigenvalue weighted by Gasteiger charge is -2.34. The fraction of sp³-hybridized carbons (Fsp3) is 0.261. The standard InChI is InChI=1S/C23H23Cl2N7O2/c1-13-15(22(33)32(29-13)20-9-14(24)3-4-16(20)25)12-26-19-10-17-18(28-23(34)27-17)11-21(19)31-7-5-30(2)6-8-31/h3-4,9-12,29H,5-8H2,1-2H3,(H2,27,28,34). The first kappa shape index (κ1) is 22.5. The van der Waals surface area contributed by atoms with E-state index in [1.165, 1.54) is 4.68 Å². The third kappa shape index (κ3) is 4.18. The second-order valence-corrected chi connectivity index (χ2v) is 9.24. The highest BCUT2D eigenvalue weighted by atomic mass is 35.5. The van der Waals surface area contributed by atoms with Crippen molar-refractivity contribution in [2.45, 2.75) is 6.92 Å². The predicted molar refractivity (Wildman–Crippen MR) is 137 cm³/mol. The van der Waals surface area contributed by atoms with Gasteiger partial charge in [0.25, 0.3) is 5.56 Å². The number of H-pyrrole nitrogens is 3. The van der Waals surface area contributed by atoms with Gasteiger partial charge < -0.3 is 19.8 Å². The molecule has 2 aromatic carbocycles. The van der Waals surface area contributed by atoms with Crippen LogP contribution < -0.4 is 16.1 Å². The molecule has 9 nitrogen and oxygen atoms in total. The van der Waals surface area contributed by atoms with E-state index in [1.54, 1.807) is 31.3 Å². The summed E-state index contributed by atoms with van der Waals surface area (Å²) in [4.78, 5) is 39.8. The molecule has 0 aliphatic carbocycles. The number of rotatable bonds is 4. The Bertz CT molecular complexity index is 1520. The fourth-order valence-corrected chi connectivity index (χ4v) is 4.50. The number of anilines is 1. The van der Waals surface area contributed by atoms with Crippen molar-refractivity contribution in [1.29, 1.82) is 0 Å². The number of hydrogen-bond donors (Lipinski definition) is 3. The molecule has 1 fully saturated rings. The molecule has 0 amide bonds. The molecule has 0 atom stereocenters. The Morgan fingerprint density at radius 1 is 0.971 bits per heavy atom. The summed E-state index contributed by atoms with van der Waals surface area (Å²) in [6.45, 7) is 5.32. The second kappa shape index (κ2) is 8.83. The number of benzene rings is 2. The van der Waals surface area contributed by atoms with Crippen LogP contribution in [0.1, 0.15) is 11.3 Å². The SMILES string of the molecule is Cc1[nH]n(-c2cc(Cl)ccc2Cl)c(=O)c1C=Nc1cc2[nH]c(=O)[nH]c2cc1N1CCN(C)CC1. The van der Waals surface area contributed by atoms with Crippen LogP contribution in [0.25, 0.3) is 16.7 Å². The number of piperazine rings is 1. The van der Waals surface area contributed by atoms with Gasteiger partial charge in [-0.1, -0.05) is 23.2 Å². The quantitative estimate of drug-likeness (QED) is 0.374. The molecule has 2 aromatic heterocycles. The highest BCUT2D eigenvalue weighted by Gasteiger charge is 2.19. The normalized spacial score (nSPS) is 15.1. The maximum Gasteiger partial charge on any atom is 0.323 e. The van der Waals surface area contributed by atoms with Crippen molar-refractivity contribution >= 4 is 51.8 Å². The monoisotopic (exact) mass is 499 g/mol. The van der Waals surface area contributed by atoms with Crippen LogP contribution in [-0.2, 0) is 0 Å². The summed E-state index contributed by atoms with van der Waals surface area (Å²) in [6, 6.07) is 8.69. The van der Waals surface area contributed by atoms with Gasteiger partial charge >= 0.3 is 5.69 Å². The molecular formula is C23H23Cl2N7O2. The number of aromatic amines is 3. The lowest BCUT2D eigenvalue weighted by atomic mass is 10.2. The molecule has 1 aliphatic rings. The van der Waals surface area contributed by atoms with E-state index in [1.807, 2.05) is 12.1 Å². The maximum absolute atomic E-state index is 13.2. The van der Waals surface area contributed by atoms with Crippen LogP contribution in [0.2, 0.25) is 10.0 Å². The average molecular weight is 500 g/mol. The van der Waals surface area contributed by atoms with Gasteiger partial charge in [-0.05, 0) is 44.3 Å². The van der Waals surface area contributed by atoms with Crippen molar-refractivity contribution < 1.29 is 0 Å². The van der Waals surface area contributed by atoms with Crippen molar-refractivity contribution in [3.63, 3.8) is 0 Å². The number of imidazole rings is 1. The first-order chi connectivity index (χ1) is 16.3. The number of aliphatic imine (C=N–C) groups is 1. The van der Waals surface area contributed by atoms with Gasteiger partial charge in [-0.2, -0.15) is 0 Å². The van der Waals surface area contributed by atoms with E-state index in [0.29, 0.717) is 43.7 Å². The highest BCUT2D eigenvalue weighted by molar-refractivity contribution is 6.34. The zero-order valence-corrected chi connectivity index (χ0v) is 20.2. The van der Waals surface area contributed by atoms with Crippen molar-refractivity contribution in [2.75, 3.05) is 38.1 Å². The van der Waals surface area contributed by atoms with Gasteiger partial charge in [0.1, 0.15) is 0 Å². The van der Waals surface area contributed by atoms with Gasteiger partial charge in [-0.15, -0.1) is 0 Å². The van der Waals surface area contributed by atoms with Crippen molar-refractivity contribution in [3.05, 3.63) is 72.5 Å². The molecule has 3 heterocycles. The molecule has 0 unspecified atom stereocenters. The molecule has 34 heavy (non-hydrogen) atoms. The fourth-order valence-electron chi connectivity index (χ4n) is 4.14. The Labute approximate surface area is 204 Å². The second-order valence-electron chi connectivity index (χ2n) is 8.40. The van der Waals surface area contributed by atoms with Crippen LogP contribution in [0.4, 0.5) is 11.4 Å². The first-order valence-corrected chi connectivity index (χ1v) is 11.6. The van der Waals surface area contributed by atoms with Crippen LogP contribution >= 0.6 is 23.2 Å². The minimum Gasteiger partial charge on any atom is -0.367 e. The van der Waals surface area contributed by atoms with E-state index >= 15 is 0 Å². The third-order valence-electron chi connectivity index (χ3n) is 6.05. The molecular weight excluding hydrogens is 477 g/mol. The summed E-state index contributed by atoms with van der Waals surface area (Å²) in [5.41, 5.74) is 3.89. The number of nitrogens with zero attached hydrogens (tertiary/aromatic N) is 4. The van der Waals surface area contributed by atoms with Crippen LogP contribution in [0.5, 0.6) is 0 Å². The van der Waals surface area contributed by atoms with Gasteiger partial charge in [-0.3, -0.25) is 14.9 Å². The Balaban J connectivity index is 1.57. The molecule has 1 aliphatic heterocycles. The van der Waals surface area contributed by atoms with Crippen LogP contribution in [0.3, 0.4) is 0 Å². The number of halogens is 2. The number of aromatic nitrogens is 4. The summed E-state index contributed by atoms with van der Waals surface area (Å²) in [6.07, 6.45) is 1.55. The molecule has 3 N–H and O–H groups in total. The van der Waals surface area contributed by atoms with E-state index in [2.05, 4.69) is 31.9 Å². The summed E-state index contributed by atoms with van der Waals surface area (Å²) in [5.74, 6) is 0. The first-order valence-electron chi connectivity index (χ1n) is 10.8. The number of aryl methyl sites for hydroxylation is 1. The van der Waals surface area contributed by atoms with Crippen LogP contribution in [0.15, 0.2) is 44.9 Å². The molecule has 11 heteroatoms. The Morgan fingerprint density at radius 3 is 2.41 bits per heavy atom. The Hall–Kier alpha value is -3.27. The molecule has 0 saturated carbocycles. The Morgan fingerprint density at radius 2 is 1.68 bits per heavy atom. The van der Waals surface area contributed by atoms with Gasteiger partial charge in [0.15, 0.2) is 0 Å². The van der Waals surface area contributed by atoms with Crippen molar-refractivity contribution in [3.8, 4) is 5.69 Å². The van der Waals surface area contributed by atoms with E-state index in [4.69, 9.17) is 28.2 Å². The minimum absolute atomic E-state index is 0.275. The van der Waals surface area contributed by atoms with E-state index in [0.717, 1.165) is 31.9 Å². The van der Waals surface area contributed by atoms with Crippen molar-refractivity contribution in [1.82, 2.24) is 24.6 Å². The number of hydrogen-bond acceptors (Lipinski definition) is 5. The van der Waals surface area contributed by atoms with Gasteiger partial charge in [0, 0.05) is 43.1 Å². The lowest BCUT2D eigenvalue weighted by Crippen LogP contribution is -2.44. The van der Waals surface area contributed by atoms with Crippen molar-refractivity contribution in [2.24, 2.45) is 4.99 Å². The summed E-state index contributed by atoms with van der Waals surface area (Å²) >= 11 is 12.4. The van der Waals surface area contributed by atoms with Crippen LogP contribution in [-0.4, -0.2) is 64.1 Å².